The summed E-state index contributed by atoms with van der Waals surface area (Å²) in [5.74, 6) is 0.688. The van der Waals surface area contributed by atoms with Crippen LogP contribution in [0.15, 0.2) is 30.3 Å². The third-order valence-corrected chi connectivity index (χ3v) is 4.39. The van der Waals surface area contributed by atoms with Crippen molar-refractivity contribution in [2.45, 2.75) is 12.8 Å². The molecule has 0 saturated carbocycles. The van der Waals surface area contributed by atoms with Crippen molar-refractivity contribution in [3.63, 3.8) is 0 Å². The van der Waals surface area contributed by atoms with E-state index < -0.39 is 0 Å². The number of amides is 1. The second-order valence-corrected chi connectivity index (χ2v) is 6.08. The van der Waals surface area contributed by atoms with Crippen molar-refractivity contribution in [2.24, 2.45) is 7.05 Å². The van der Waals surface area contributed by atoms with Crippen LogP contribution in [0.1, 0.15) is 23.3 Å². The quantitative estimate of drug-likeness (QED) is 0.880. The number of aryl methyl sites for hydroxylation is 1. The van der Waals surface area contributed by atoms with Crippen LogP contribution >= 0.6 is 0 Å². The summed E-state index contributed by atoms with van der Waals surface area (Å²) in [4.78, 5) is 14.8. The molecule has 6 nitrogen and oxygen atoms in total. The lowest BCUT2D eigenvalue weighted by atomic mass is 10.1. The predicted octanol–water partition coefficient (Wildman–Crippen LogP) is 1.92. The van der Waals surface area contributed by atoms with Crippen LogP contribution in [-0.2, 0) is 7.05 Å². The number of carbonyl (C=O) groups is 1. The van der Waals surface area contributed by atoms with E-state index in [1.807, 2.05) is 30.3 Å². The number of benzene rings is 1. The summed E-state index contributed by atoms with van der Waals surface area (Å²) in [7, 11) is 3.43. The molecular weight excluding hydrogens is 304 g/mol. The maximum Gasteiger partial charge on any atom is 0.269 e. The maximum atomic E-state index is 12.4. The van der Waals surface area contributed by atoms with E-state index >= 15 is 0 Å². The van der Waals surface area contributed by atoms with Crippen molar-refractivity contribution in [3.8, 4) is 17.0 Å². The highest BCUT2D eigenvalue weighted by molar-refractivity contribution is 5.93. The van der Waals surface area contributed by atoms with Gasteiger partial charge >= 0.3 is 0 Å². The first-order valence-corrected chi connectivity index (χ1v) is 8.36. The minimum atomic E-state index is -0.0849. The van der Waals surface area contributed by atoms with Crippen molar-refractivity contribution < 1.29 is 9.53 Å². The zero-order valence-corrected chi connectivity index (χ0v) is 14.3. The second kappa shape index (κ2) is 7.49. The molecular formula is C18H24N4O2. The summed E-state index contributed by atoms with van der Waals surface area (Å²) in [5.41, 5.74) is 2.26. The predicted molar refractivity (Wildman–Crippen MR) is 93.2 cm³/mol. The zero-order valence-electron chi connectivity index (χ0n) is 14.3. The minimum Gasteiger partial charge on any atom is -0.497 e. The fourth-order valence-electron chi connectivity index (χ4n) is 3.03. The molecule has 1 amide bonds. The van der Waals surface area contributed by atoms with E-state index in [4.69, 9.17) is 4.74 Å². The van der Waals surface area contributed by atoms with E-state index in [1.54, 1.807) is 18.8 Å². The number of hydrogen-bond acceptors (Lipinski definition) is 4. The largest absolute Gasteiger partial charge is 0.497 e. The van der Waals surface area contributed by atoms with E-state index in [9.17, 15) is 4.79 Å². The lowest BCUT2D eigenvalue weighted by Crippen LogP contribution is -2.34. The number of rotatable bonds is 6. The number of nitrogens with zero attached hydrogens (tertiary/aromatic N) is 3. The molecule has 0 aliphatic carbocycles. The Morgan fingerprint density at radius 2 is 2.08 bits per heavy atom. The van der Waals surface area contributed by atoms with Crippen molar-refractivity contribution in [1.82, 2.24) is 20.0 Å². The van der Waals surface area contributed by atoms with Crippen molar-refractivity contribution in [2.75, 3.05) is 33.3 Å². The van der Waals surface area contributed by atoms with E-state index in [0.717, 1.165) is 36.6 Å². The standard InChI is InChI=1S/C18H24N4O2/c1-21-17(18(23)19-8-11-22-9-3-4-10-22)13-16(20-21)14-6-5-7-15(12-14)24-2/h5-7,12-13H,3-4,8-11H2,1-2H3,(H,19,23). The molecule has 1 aliphatic heterocycles. The summed E-state index contributed by atoms with van der Waals surface area (Å²) in [6.07, 6.45) is 2.53. The smallest absolute Gasteiger partial charge is 0.269 e. The van der Waals surface area contributed by atoms with E-state index in [2.05, 4.69) is 15.3 Å². The van der Waals surface area contributed by atoms with Gasteiger partial charge in [0.05, 0.1) is 12.8 Å². The van der Waals surface area contributed by atoms with Gasteiger partial charge < -0.3 is 15.0 Å². The summed E-state index contributed by atoms with van der Waals surface area (Å²) < 4.78 is 6.87. The number of methoxy groups -OCH3 is 1. The summed E-state index contributed by atoms with van der Waals surface area (Å²) >= 11 is 0. The Kier molecular flexibility index (Phi) is 5.15. The lowest BCUT2D eigenvalue weighted by Gasteiger charge is -2.14. The first kappa shape index (κ1) is 16.5. The van der Waals surface area contributed by atoms with Crippen LogP contribution in [0.3, 0.4) is 0 Å². The van der Waals surface area contributed by atoms with Crippen LogP contribution in [-0.4, -0.2) is 53.9 Å². The number of ether oxygens (including phenoxy) is 1. The molecule has 0 spiro atoms. The molecule has 2 heterocycles. The van der Waals surface area contributed by atoms with Gasteiger partial charge in [-0.15, -0.1) is 0 Å². The number of likely N-dealkylation sites (tertiary alicyclic amines) is 1. The highest BCUT2D eigenvalue weighted by Gasteiger charge is 2.15. The summed E-state index contributed by atoms with van der Waals surface area (Å²) in [6.45, 7) is 3.86. The van der Waals surface area contributed by atoms with E-state index in [1.165, 1.54) is 12.8 Å². The molecule has 1 N–H and O–H groups in total. The second-order valence-electron chi connectivity index (χ2n) is 6.08. The number of nitrogens with one attached hydrogen (secondary N) is 1. The van der Waals surface area contributed by atoms with Crippen LogP contribution in [0.25, 0.3) is 11.3 Å². The van der Waals surface area contributed by atoms with Crippen LogP contribution in [0.2, 0.25) is 0 Å². The average Bonchev–Trinajstić information content (AvgIpc) is 3.24. The van der Waals surface area contributed by atoms with E-state index in [0.29, 0.717) is 12.2 Å². The lowest BCUT2D eigenvalue weighted by molar-refractivity contribution is 0.0940. The Balaban J connectivity index is 1.65. The molecule has 6 heteroatoms. The number of aromatic nitrogens is 2. The number of hydrogen-bond donors (Lipinski definition) is 1. The maximum absolute atomic E-state index is 12.4. The average molecular weight is 328 g/mol. The third-order valence-electron chi connectivity index (χ3n) is 4.39. The zero-order chi connectivity index (χ0) is 16.9. The Hall–Kier alpha value is -2.34. The topological polar surface area (TPSA) is 59.4 Å². The summed E-state index contributed by atoms with van der Waals surface area (Å²) in [6, 6.07) is 9.49. The molecule has 0 radical (unpaired) electrons. The van der Waals surface area contributed by atoms with Gasteiger partial charge in [0.25, 0.3) is 5.91 Å². The molecule has 128 valence electrons. The van der Waals surface area contributed by atoms with Gasteiger partial charge in [-0.25, -0.2) is 0 Å². The van der Waals surface area contributed by atoms with Crippen LogP contribution in [0, 0.1) is 0 Å². The molecule has 1 aromatic heterocycles. The molecule has 3 rings (SSSR count). The highest BCUT2D eigenvalue weighted by atomic mass is 16.5. The SMILES string of the molecule is COc1cccc(-c2cc(C(=O)NCCN3CCCC3)n(C)n2)c1. The van der Waals surface area contributed by atoms with Gasteiger partial charge in [0.1, 0.15) is 11.4 Å². The van der Waals surface area contributed by atoms with Gasteiger partial charge in [-0.2, -0.15) is 5.10 Å². The molecule has 24 heavy (non-hydrogen) atoms. The van der Waals surface area contributed by atoms with Gasteiger partial charge in [-0.1, -0.05) is 12.1 Å². The van der Waals surface area contributed by atoms with Gasteiger partial charge in [-0.05, 0) is 44.1 Å². The Labute approximate surface area is 142 Å². The van der Waals surface area contributed by atoms with Crippen molar-refractivity contribution in [3.05, 3.63) is 36.0 Å². The Morgan fingerprint density at radius 1 is 1.29 bits per heavy atom. The monoisotopic (exact) mass is 328 g/mol. The fourth-order valence-corrected chi connectivity index (χ4v) is 3.03. The minimum absolute atomic E-state index is 0.0849. The molecule has 1 aromatic carbocycles. The van der Waals surface area contributed by atoms with Crippen LogP contribution in [0.5, 0.6) is 5.75 Å². The van der Waals surface area contributed by atoms with Gasteiger partial charge in [0.2, 0.25) is 0 Å². The van der Waals surface area contributed by atoms with Gasteiger partial charge in [-0.3, -0.25) is 9.48 Å². The van der Waals surface area contributed by atoms with Crippen LogP contribution in [0.4, 0.5) is 0 Å². The molecule has 1 fully saturated rings. The molecule has 0 unspecified atom stereocenters. The van der Waals surface area contributed by atoms with Crippen LogP contribution < -0.4 is 10.1 Å². The molecule has 1 saturated heterocycles. The van der Waals surface area contributed by atoms with Crippen molar-refractivity contribution >= 4 is 5.91 Å². The third kappa shape index (κ3) is 3.76. The molecule has 2 aromatic rings. The molecule has 1 aliphatic rings. The fraction of sp³-hybridized carbons (Fsp3) is 0.444. The first-order valence-electron chi connectivity index (χ1n) is 8.36. The van der Waals surface area contributed by atoms with Gasteiger partial charge in [0, 0.05) is 25.7 Å². The summed E-state index contributed by atoms with van der Waals surface area (Å²) in [5, 5.41) is 7.44. The number of carbonyl (C=O) groups excluding carboxylic acids is 1. The van der Waals surface area contributed by atoms with Gasteiger partial charge in [0.15, 0.2) is 0 Å². The Morgan fingerprint density at radius 3 is 2.83 bits per heavy atom. The van der Waals surface area contributed by atoms with E-state index in [-0.39, 0.29) is 5.91 Å². The highest BCUT2D eigenvalue weighted by Crippen LogP contribution is 2.23. The molecule has 0 atom stereocenters. The first-order chi connectivity index (χ1) is 11.7. The Bertz CT molecular complexity index is 705. The normalized spacial score (nSPS) is 14.8. The molecule has 0 bridgehead atoms. The van der Waals surface area contributed by atoms with Crippen molar-refractivity contribution in [1.29, 1.82) is 0 Å².